The molecule has 2 rings (SSSR count). The second-order valence-corrected chi connectivity index (χ2v) is 3.76. The first-order valence-corrected chi connectivity index (χ1v) is 5.10. The van der Waals surface area contributed by atoms with E-state index in [1.807, 2.05) is 19.1 Å². The molecule has 0 saturated heterocycles. The molecule has 0 atom stereocenters. The molecule has 2 aromatic rings. The van der Waals surface area contributed by atoms with E-state index in [4.69, 9.17) is 5.73 Å². The first-order chi connectivity index (χ1) is 8.49. The maximum absolute atomic E-state index is 11.1. The molecule has 2 N–H and O–H groups in total. The number of primary amides is 1. The topological polar surface area (TPSA) is 104 Å². The highest BCUT2D eigenvalue weighted by Gasteiger charge is 2.23. The molecule has 0 unspecified atom stereocenters. The third-order valence-electron chi connectivity index (χ3n) is 2.42. The fourth-order valence-electron chi connectivity index (χ4n) is 1.50. The summed E-state index contributed by atoms with van der Waals surface area (Å²) in [6.07, 6.45) is 1.17. The number of hydrogen-bond donors (Lipinski definition) is 1. The molecule has 1 heterocycles. The lowest BCUT2D eigenvalue weighted by Gasteiger charge is -2.00. The van der Waals surface area contributed by atoms with Gasteiger partial charge in [0.05, 0.1) is 10.6 Å². The quantitative estimate of drug-likeness (QED) is 0.648. The third kappa shape index (κ3) is 2.05. The smallest absolute Gasteiger partial charge is 0.320 e. The van der Waals surface area contributed by atoms with E-state index in [0.717, 1.165) is 5.56 Å². The molecule has 7 nitrogen and oxygen atoms in total. The van der Waals surface area contributed by atoms with Crippen LogP contribution in [0.5, 0.6) is 0 Å². The highest BCUT2D eigenvalue weighted by Crippen LogP contribution is 2.19. The Labute approximate surface area is 102 Å². The highest BCUT2D eigenvalue weighted by molar-refractivity contribution is 5.94. The van der Waals surface area contributed by atoms with Crippen molar-refractivity contribution in [1.29, 1.82) is 0 Å². The van der Waals surface area contributed by atoms with Crippen molar-refractivity contribution in [2.24, 2.45) is 5.73 Å². The molecule has 1 aromatic heterocycles. The van der Waals surface area contributed by atoms with Crippen LogP contribution in [0.4, 0.5) is 5.69 Å². The predicted octanol–water partition coefficient (Wildman–Crippen LogP) is 1.19. The van der Waals surface area contributed by atoms with Crippen LogP contribution in [-0.2, 0) is 0 Å². The van der Waals surface area contributed by atoms with Gasteiger partial charge >= 0.3 is 5.69 Å². The molecule has 18 heavy (non-hydrogen) atoms. The van der Waals surface area contributed by atoms with Crippen molar-refractivity contribution in [3.05, 3.63) is 51.8 Å². The van der Waals surface area contributed by atoms with Gasteiger partial charge in [0.25, 0.3) is 5.91 Å². The maximum Gasteiger partial charge on any atom is 0.320 e. The summed E-state index contributed by atoms with van der Waals surface area (Å²) in [6.45, 7) is 1.92. The molecule has 0 radical (unpaired) electrons. The summed E-state index contributed by atoms with van der Waals surface area (Å²) >= 11 is 0. The predicted molar refractivity (Wildman–Crippen MR) is 63.5 cm³/mol. The number of nitro groups is 1. The first kappa shape index (κ1) is 11.8. The Hall–Kier alpha value is -2.70. The molecule has 0 spiro atoms. The van der Waals surface area contributed by atoms with Gasteiger partial charge in [0.2, 0.25) is 5.69 Å². The molecular formula is C11H10N4O3. The van der Waals surface area contributed by atoms with Crippen LogP contribution in [0.25, 0.3) is 5.69 Å². The van der Waals surface area contributed by atoms with Crippen LogP contribution in [0.3, 0.4) is 0 Å². The van der Waals surface area contributed by atoms with Gasteiger partial charge in [-0.1, -0.05) is 17.7 Å². The number of benzene rings is 1. The van der Waals surface area contributed by atoms with Crippen molar-refractivity contribution in [3.63, 3.8) is 0 Å². The Morgan fingerprint density at radius 2 is 2.00 bits per heavy atom. The third-order valence-corrected chi connectivity index (χ3v) is 2.42. The van der Waals surface area contributed by atoms with Crippen molar-refractivity contribution in [2.75, 3.05) is 0 Å². The van der Waals surface area contributed by atoms with E-state index in [-0.39, 0.29) is 5.69 Å². The van der Waals surface area contributed by atoms with Gasteiger partial charge in [-0.15, -0.1) is 0 Å². The zero-order valence-corrected chi connectivity index (χ0v) is 9.53. The van der Waals surface area contributed by atoms with Crippen LogP contribution in [0.1, 0.15) is 16.1 Å². The molecule has 0 fully saturated rings. The molecule has 7 heteroatoms. The number of hydrogen-bond acceptors (Lipinski definition) is 4. The monoisotopic (exact) mass is 246 g/mol. The zero-order valence-electron chi connectivity index (χ0n) is 9.53. The Morgan fingerprint density at radius 1 is 1.39 bits per heavy atom. The first-order valence-electron chi connectivity index (χ1n) is 5.10. The number of nitrogens with two attached hydrogens (primary N) is 1. The summed E-state index contributed by atoms with van der Waals surface area (Å²) in [6, 6.07) is 7.17. The second-order valence-electron chi connectivity index (χ2n) is 3.76. The number of carbonyl (C=O) groups excluding carboxylic acids is 1. The average molecular weight is 246 g/mol. The molecule has 0 aliphatic carbocycles. The summed E-state index contributed by atoms with van der Waals surface area (Å²) in [5.41, 5.74) is 5.97. The van der Waals surface area contributed by atoms with Gasteiger partial charge < -0.3 is 5.73 Å². The minimum absolute atomic E-state index is 0.347. The summed E-state index contributed by atoms with van der Waals surface area (Å²) in [4.78, 5) is 21.2. The molecule has 0 aliphatic heterocycles. The van der Waals surface area contributed by atoms with E-state index in [1.54, 1.807) is 12.1 Å². The lowest BCUT2D eigenvalue weighted by Crippen LogP contribution is -2.14. The molecule has 1 amide bonds. The van der Waals surface area contributed by atoms with E-state index in [9.17, 15) is 14.9 Å². The van der Waals surface area contributed by atoms with Crippen molar-refractivity contribution in [2.45, 2.75) is 6.92 Å². The Balaban J connectivity index is 2.53. The summed E-state index contributed by atoms with van der Waals surface area (Å²) in [5, 5.41) is 14.6. The largest absolute Gasteiger partial charge is 0.364 e. The van der Waals surface area contributed by atoms with Gasteiger partial charge in [0.1, 0.15) is 6.20 Å². The number of amides is 1. The molecule has 92 valence electrons. The fraction of sp³-hybridized carbons (Fsp3) is 0.0909. The summed E-state index contributed by atoms with van der Waals surface area (Å²) in [5.74, 6) is -0.924. The van der Waals surface area contributed by atoms with Crippen molar-refractivity contribution in [1.82, 2.24) is 9.78 Å². The Bertz CT molecular complexity index is 584. The summed E-state index contributed by atoms with van der Waals surface area (Å²) in [7, 11) is 0. The minimum Gasteiger partial charge on any atom is -0.364 e. The van der Waals surface area contributed by atoms with Gasteiger partial charge in [-0.2, -0.15) is 5.10 Å². The molecule has 0 bridgehead atoms. The zero-order chi connectivity index (χ0) is 13.3. The van der Waals surface area contributed by atoms with Gasteiger partial charge in [-0.3, -0.25) is 14.9 Å². The molecule has 1 aromatic carbocycles. The lowest BCUT2D eigenvalue weighted by molar-refractivity contribution is -0.385. The second kappa shape index (κ2) is 4.28. The summed E-state index contributed by atoms with van der Waals surface area (Å²) < 4.78 is 1.26. The highest BCUT2D eigenvalue weighted by atomic mass is 16.6. The Morgan fingerprint density at radius 3 is 2.44 bits per heavy atom. The van der Waals surface area contributed by atoms with E-state index in [0.29, 0.717) is 5.69 Å². The van der Waals surface area contributed by atoms with E-state index < -0.39 is 16.5 Å². The number of aryl methyl sites for hydroxylation is 1. The minimum atomic E-state index is -0.924. The van der Waals surface area contributed by atoms with Crippen LogP contribution in [0.2, 0.25) is 0 Å². The van der Waals surface area contributed by atoms with Crippen LogP contribution >= 0.6 is 0 Å². The molecule has 0 aliphatic rings. The lowest BCUT2D eigenvalue weighted by atomic mass is 10.2. The maximum atomic E-state index is 11.1. The number of rotatable bonds is 3. The van der Waals surface area contributed by atoms with E-state index in [1.165, 1.54) is 10.9 Å². The van der Waals surface area contributed by atoms with Gasteiger partial charge in [-0.25, -0.2) is 4.68 Å². The number of nitrogens with zero attached hydrogens (tertiary/aromatic N) is 3. The van der Waals surface area contributed by atoms with Crippen LogP contribution in [0, 0.1) is 17.0 Å². The number of aromatic nitrogens is 2. The van der Waals surface area contributed by atoms with E-state index in [2.05, 4.69) is 5.10 Å². The van der Waals surface area contributed by atoms with Gasteiger partial charge in [0, 0.05) is 0 Å². The van der Waals surface area contributed by atoms with Gasteiger partial charge in [-0.05, 0) is 19.1 Å². The van der Waals surface area contributed by atoms with Crippen molar-refractivity contribution < 1.29 is 9.72 Å². The van der Waals surface area contributed by atoms with Crippen LogP contribution in [-0.4, -0.2) is 20.6 Å². The van der Waals surface area contributed by atoms with Crippen molar-refractivity contribution >= 4 is 11.6 Å². The average Bonchev–Trinajstić information content (AvgIpc) is 2.75. The van der Waals surface area contributed by atoms with Crippen LogP contribution < -0.4 is 5.73 Å². The molecule has 0 saturated carbocycles. The standard InChI is InChI=1S/C11H10N4O3/c1-7-2-4-8(5-3-7)14-6-9(15(17)18)10(13-14)11(12)16/h2-6H,1H3,(H2,12,16). The van der Waals surface area contributed by atoms with Gasteiger partial charge in [0.15, 0.2) is 0 Å². The molecular weight excluding hydrogens is 236 g/mol. The SMILES string of the molecule is Cc1ccc(-n2cc([N+](=O)[O-])c(C(N)=O)n2)cc1. The van der Waals surface area contributed by atoms with Crippen LogP contribution in [0.15, 0.2) is 30.5 Å². The number of carbonyl (C=O) groups is 1. The normalized spacial score (nSPS) is 10.3. The van der Waals surface area contributed by atoms with Crippen molar-refractivity contribution in [3.8, 4) is 5.69 Å². The van der Waals surface area contributed by atoms with E-state index >= 15 is 0 Å². The Kier molecular flexibility index (Phi) is 2.80. The fourth-order valence-corrected chi connectivity index (χ4v) is 1.50.